The molecule has 3 rings (SSSR count). The zero-order valence-electron chi connectivity index (χ0n) is 12.9. The Hall–Kier alpha value is -1.62. The minimum atomic E-state index is -0.605. The lowest BCUT2D eigenvalue weighted by molar-refractivity contribution is -0.136. The molecule has 6 heteroatoms. The van der Waals surface area contributed by atoms with Crippen LogP contribution in [0.4, 0.5) is 4.39 Å². The Morgan fingerprint density at radius 1 is 1.04 bits per heavy atom. The first-order valence-corrected chi connectivity index (χ1v) is 8.47. The maximum atomic E-state index is 13.9. The van der Waals surface area contributed by atoms with Gasteiger partial charge in [0.15, 0.2) is 0 Å². The highest BCUT2D eigenvalue weighted by Crippen LogP contribution is 2.27. The number of nitrogens with zero attached hydrogens (tertiary/aromatic N) is 2. The summed E-state index contributed by atoms with van der Waals surface area (Å²) in [4.78, 5) is 28.2. The van der Waals surface area contributed by atoms with Crippen LogP contribution in [0, 0.1) is 11.7 Å². The van der Waals surface area contributed by atoms with Crippen LogP contribution >= 0.6 is 11.6 Å². The van der Waals surface area contributed by atoms with Crippen molar-refractivity contribution < 1.29 is 14.0 Å². The highest BCUT2D eigenvalue weighted by molar-refractivity contribution is 6.30. The van der Waals surface area contributed by atoms with Crippen molar-refractivity contribution in [3.8, 4) is 0 Å². The lowest BCUT2D eigenvalue weighted by atomic mass is 10.1. The Bertz CT molecular complexity index is 609. The standard InChI is InChI=1S/C17H20ClFN2O2/c18-13-5-6-14(15(19)11-13)17(23)21-9-7-20(8-10-21)16(22)12-3-1-2-4-12/h5-6,11-12H,1-4,7-10H2. The summed E-state index contributed by atoms with van der Waals surface area (Å²) < 4.78 is 13.9. The average molecular weight is 339 g/mol. The van der Waals surface area contributed by atoms with Gasteiger partial charge >= 0.3 is 0 Å². The van der Waals surface area contributed by atoms with Gasteiger partial charge in [-0.15, -0.1) is 0 Å². The predicted octanol–water partition coefficient (Wildman–Crippen LogP) is 2.95. The van der Waals surface area contributed by atoms with E-state index in [9.17, 15) is 14.0 Å². The molecular weight excluding hydrogens is 319 g/mol. The number of benzene rings is 1. The summed E-state index contributed by atoms with van der Waals surface area (Å²) >= 11 is 5.71. The molecular formula is C17H20ClFN2O2. The molecule has 1 aromatic carbocycles. The minimum Gasteiger partial charge on any atom is -0.339 e. The predicted molar refractivity (Wildman–Crippen MR) is 85.9 cm³/mol. The van der Waals surface area contributed by atoms with E-state index in [0.29, 0.717) is 26.2 Å². The molecule has 1 aromatic rings. The van der Waals surface area contributed by atoms with Crippen LogP contribution in [0.15, 0.2) is 18.2 Å². The van der Waals surface area contributed by atoms with Gasteiger partial charge in [-0.25, -0.2) is 4.39 Å². The zero-order chi connectivity index (χ0) is 16.4. The van der Waals surface area contributed by atoms with Crippen molar-refractivity contribution in [2.24, 2.45) is 5.92 Å². The third kappa shape index (κ3) is 3.50. The van der Waals surface area contributed by atoms with E-state index in [2.05, 4.69) is 0 Å². The van der Waals surface area contributed by atoms with Crippen molar-refractivity contribution in [3.63, 3.8) is 0 Å². The fraction of sp³-hybridized carbons (Fsp3) is 0.529. The summed E-state index contributed by atoms with van der Waals surface area (Å²) in [5.41, 5.74) is 0.0324. The molecule has 2 amide bonds. The molecule has 0 atom stereocenters. The van der Waals surface area contributed by atoms with Crippen LogP contribution in [0.1, 0.15) is 36.0 Å². The molecule has 1 saturated carbocycles. The van der Waals surface area contributed by atoms with E-state index in [1.165, 1.54) is 12.1 Å². The molecule has 0 aromatic heterocycles. The first kappa shape index (κ1) is 16.2. The van der Waals surface area contributed by atoms with E-state index in [4.69, 9.17) is 11.6 Å². The molecule has 1 heterocycles. The topological polar surface area (TPSA) is 40.6 Å². The van der Waals surface area contributed by atoms with Crippen LogP contribution in [0.3, 0.4) is 0 Å². The Balaban J connectivity index is 1.60. The number of hydrogen-bond acceptors (Lipinski definition) is 2. The van der Waals surface area contributed by atoms with E-state index in [1.54, 1.807) is 4.90 Å². The molecule has 23 heavy (non-hydrogen) atoms. The van der Waals surface area contributed by atoms with Crippen molar-refractivity contribution in [2.45, 2.75) is 25.7 Å². The van der Waals surface area contributed by atoms with Gasteiger partial charge in [-0.3, -0.25) is 9.59 Å². The zero-order valence-corrected chi connectivity index (χ0v) is 13.7. The SMILES string of the molecule is O=C(c1ccc(Cl)cc1F)N1CCN(C(=O)C2CCCC2)CC1. The van der Waals surface area contributed by atoms with Gasteiger partial charge in [0.25, 0.3) is 5.91 Å². The Labute approximate surface area is 140 Å². The van der Waals surface area contributed by atoms with Crippen LogP contribution in [0.25, 0.3) is 0 Å². The van der Waals surface area contributed by atoms with Crippen molar-refractivity contribution in [2.75, 3.05) is 26.2 Å². The molecule has 0 radical (unpaired) electrons. The normalized spacial score (nSPS) is 19.2. The van der Waals surface area contributed by atoms with Gasteiger partial charge in [0.05, 0.1) is 5.56 Å². The van der Waals surface area contributed by atoms with Gasteiger partial charge < -0.3 is 9.80 Å². The van der Waals surface area contributed by atoms with Crippen LogP contribution < -0.4 is 0 Å². The molecule has 1 saturated heterocycles. The lowest BCUT2D eigenvalue weighted by Crippen LogP contribution is -2.51. The smallest absolute Gasteiger partial charge is 0.256 e. The van der Waals surface area contributed by atoms with Gasteiger partial charge in [-0.1, -0.05) is 24.4 Å². The van der Waals surface area contributed by atoms with Gasteiger partial charge in [0.2, 0.25) is 5.91 Å². The molecule has 0 unspecified atom stereocenters. The van der Waals surface area contributed by atoms with Gasteiger partial charge in [0.1, 0.15) is 5.82 Å². The second kappa shape index (κ2) is 6.87. The van der Waals surface area contributed by atoms with Crippen LogP contribution in [0.5, 0.6) is 0 Å². The monoisotopic (exact) mass is 338 g/mol. The molecule has 0 spiro atoms. The Morgan fingerprint density at radius 3 is 2.26 bits per heavy atom. The fourth-order valence-corrected chi connectivity index (χ4v) is 3.55. The van der Waals surface area contributed by atoms with Gasteiger partial charge in [-0.2, -0.15) is 0 Å². The van der Waals surface area contributed by atoms with E-state index in [0.717, 1.165) is 31.7 Å². The van der Waals surface area contributed by atoms with E-state index < -0.39 is 5.82 Å². The summed E-state index contributed by atoms with van der Waals surface area (Å²) in [7, 11) is 0. The van der Waals surface area contributed by atoms with Gasteiger partial charge in [0, 0.05) is 37.1 Å². The van der Waals surface area contributed by atoms with Crippen molar-refractivity contribution in [1.82, 2.24) is 9.80 Å². The van der Waals surface area contributed by atoms with Gasteiger partial charge in [-0.05, 0) is 31.0 Å². The molecule has 2 fully saturated rings. The number of carbonyl (C=O) groups is 2. The number of halogens is 2. The van der Waals surface area contributed by atoms with Crippen LogP contribution in [0.2, 0.25) is 5.02 Å². The maximum absolute atomic E-state index is 13.9. The number of hydrogen-bond donors (Lipinski definition) is 0. The molecule has 4 nitrogen and oxygen atoms in total. The molecule has 0 bridgehead atoms. The Morgan fingerprint density at radius 2 is 1.65 bits per heavy atom. The third-order valence-electron chi connectivity index (χ3n) is 4.74. The Kier molecular flexibility index (Phi) is 4.85. The second-order valence-electron chi connectivity index (χ2n) is 6.22. The summed E-state index contributed by atoms with van der Waals surface area (Å²) in [6.07, 6.45) is 4.22. The summed E-state index contributed by atoms with van der Waals surface area (Å²) in [5, 5.41) is 0.269. The average Bonchev–Trinajstić information content (AvgIpc) is 3.08. The highest BCUT2D eigenvalue weighted by Gasteiger charge is 2.31. The van der Waals surface area contributed by atoms with Crippen molar-refractivity contribution >= 4 is 23.4 Å². The van der Waals surface area contributed by atoms with Crippen LogP contribution in [-0.2, 0) is 4.79 Å². The van der Waals surface area contributed by atoms with E-state index in [1.807, 2.05) is 4.90 Å². The molecule has 2 aliphatic rings. The van der Waals surface area contributed by atoms with Crippen molar-refractivity contribution in [3.05, 3.63) is 34.6 Å². The summed E-state index contributed by atoms with van der Waals surface area (Å²) in [6, 6.07) is 4.07. The maximum Gasteiger partial charge on any atom is 0.256 e. The fourth-order valence-electron chi connectivity index (χ4n) is 3.39. The first-order chi connectivity index (χ1) is 11.1. The molecule has 124 valence electrons. The lowest BCUT2D eigenvalue weighted by Gasteiger charge is -2.36. The van der Waals surface area contributed by atoms with Crippen LogP contribution in [-0.4, -0.2) is 47.8 Å². The third-order valence-corrected chi connectivity index (χ3v) is 4.98. The molecule has 0 N–H and O–H groups in total. The quantitative estimate of drug-likeness (QED) is 0.832. The number of amides is 2. The highest BCUT2D eigenvalue weighted by atomic mass is 35.5. The molecule has 1 aliphatic heterocycles. The number of carbonyl (C=O) groups excluding carboxylic acids is 2. The first-order valence-electron chi connectivity index (χ1n) is 8.09. The minimum absolute atomic E-state index is 0.0324. The van der Waals surface area contributed by atoms with E-state index >= 15 is 0 Å². The summed E-state index contributed by atoms with van der Waals surface area (Å²) in [6.45, 7) is 1.94. The van der Waals surface area contributed by atoms with E-state index in [-0.39, 0.29) is 28.3 Å². The number of rotatable bonds is 2. The molecule has 1 aliphatic carbocycles. The number of piperazine rings is 1. The largest absolute Gasteiger partial charge is 0.339 e. The second-order valence-corrected chi connectivity index (χ2v) is 6.66. The van der Waals surface area contributed by atoms with Crippen molar-refractivity contribution in [1.29, 1.82) is 0 Å². The summed E-state index contributed by atoms with van der Waals surface area (Å²) in [5.74, 6) is -0.572.